The number of halogens is 2. The number of piperidine rings is 1. The molecule has 0 saturated carbocycles. The van der Waals surface area contributed by atoms with Crippen molar-refractivity contribution in [2.75, 3.05) is 31.1 Å². The summed E-state index contributed by atoms with van der Waals surface area (Å²) in [5, 5.41) is 8.67. The summed E-state index contributed by atoms with van der Waals surface area (Å²) in [7, 11) is 0. The molecule has 1 spiro atoms. The van der Waals surface area contributed by atoms with Gasteiger partial charge in [0.05, 0.1) is 18.4 Å². The van der Waals surface area contributed by atoms with Gasteiger partial charge in [0.1, 0.15) is 29.1 Å². The summed E-state index contributed by atoms with van der Waals surface area (Å²) >= 11 is 0. The first kappa shape index (κ1) is 27.8. The van der Waals surface area contributed by atoms with Gasteiger partial charge in [-0.05, 0) is 57.6 Å². The van der Waals surface area contributed by atoms with Gasteiger partial charge >= 0.3 is 6.09 Å². The van der Waals surface area contributed by atoms with Crippen molar-refractivity contribution in [2.45, 2.75) is 52.2 Å². The van der Waals surface area contributed by atoms with E-state index in [-0.39, 0.29) is 35.5 Å². The highest BCUT2D eigenvalue weighted by Crippen LogP contribution is 2.42. The van der Waals surface area contributed by atoms with E-state index in [0.29, 0.717) is 48.8 Å². The zero-order valence-corrected chi connectivity index (χ0v) is 23.9. The predicted octanol–water partition coefficient (Wildman–Crippen LogP) is 5.55. The molecule has 4 aromatic rings. The summed E-state index contributed by atoms with van der Waals surface area (Å²) in [6.45, 7) is 8.23. The maximum Gasteiger partial charge on any atom is 0.410 e. The fourth-order valence-corrected chi connectivity index (χ4v) is 5.71. The third-order valence-electron chi connectivity index (χ3n) is 7.93. The number of hydrogen-bond acceptors (Lipinski definition) is 8. The summed E-state index contributed by atoms with van der Waals surface area (Å²) in [5.41, 5.74) is 1.41. The number of nitrogens with zero attached hydrogens (tertiary/aromatic N) is 7. The van der Waals surface area contributed by atoms with E-state index in [0.717, 1.165) is 25.5 Å². The number of benzene rings is 1. The van der Waals surface area contributed by atoms with Gasteiger partial charge in [-0.25, -0.2) is 23.5 Å². The van der Waals surface area contributed by atoms with Gasteiger partial charge in [-0.2, -0.15) is 5.10 Å². The molecule has 0 bridgehead atoms. The van der Waals surface area contributed by atoms with Crippen LogP contribution in [0.2, 0.25) is 0 Å². The number of rotatable bonds is 5. The van der Waals surface area contributed by atoms with Crippen molar-refractivity contribution in [3.05, 3.63) is 66.1 Å². The van der Waals surface area contributed by atoms with Gasteiger partial charge in [0.15, 0.2) is 17.5 Å². The molecule has 0 N–H and O–H groups in total. The predicted molar refractivity (Wildman–Crippen MR) is 151 cm³/mol. The van der Waals surface area contributed by atoms with Gasteiger partial charge in [-0.15, -0.1) is 0 Å². The number of amides is 1. The lowest BCUT2D eigenvalue weighted by Crippen LogP contribution is -2.43. The van der Waals surface area contributed by atoms with Crippen LogP contribution in [0.3, 0.4) is 0 Å². The first-order valence-corrected chi connectivity index (χ1v) is 14.1. The Hall–Kier alpha value is -4.35. The third-order valence-corrected chi connectivity index (χ3v) is 7.93. The highest BCUT2D eigenvalue weighted by molar-refractivity contribution is 5.68. The Morgan fingerprint density at radius 2 is 1.81 bits per heavy atom. The number of likely N-dealkylation sites (tertiary alicyclic amines) is 1. The number of carbonyl (C=O) groups is 1. The molecular formula is C30H33F2N7O3. The third kappa shape index (κ3) is 5.70. The average Bonchev–Trinajstić information content (AvgIpc) is 3.71. The van der Waals surface area contributed by atoms with E-state index in [1.807, 2.05) is 25.7 Å². The maximum absolute atomic E-state index is 15.1. The van der Waals surface area contributed by atoms with Gasteiger partial charge in [0.2, 0.25) is 0 Å². The Bertz CT molecular complexity index is 1570. The van der Waals surface area contributed by atoms with Crippen LogP contribution in [0, 0.1) is 17.0 Å². The van der Waals surface area contributed by atoms with Crippen LogP contribution in [-0.2, 0) is 11.3 Å². The Morgan fingerprint density at radius 1 is 1.05 bits per heavy atom. The largest absolute Gasteiger partial charge is 0.444 e. The second-order valence-electron chi connectivity index (χ2n) is 12.1. The molecule has 10 nitrogen and oxygen atoms in total. The molecule has 12 heteroatoms. The first-order chi connectivity index (χ1) is 20.1. The molecule has 5 heterocycles. The van der Waals surface area contributed by atoms with Crippen molar-refractivity contribution < 1.29 is 22.8 Å². The lowest BCUT2D eigenvalue weighted by Gasteiger charge is -2.39. The minimum atomic E-state index is -0.540. The summed E-state index contributed by atoms with van der Waals surface area (Å²) in [4.78, 5) is 25.1. The quantitative estimate of drug-likeness (QED) is 0.304. The Morgan fingerprint density at radius 3 is 2.52 bits per heavy atom. The Labute approximate surface area is 242 Å². The van der Waals surface area contributed by atoms with Crippen LogP contribution in [0.1, 0.15) is 45.6 Å². The fraction of sp³-hybridized carbons (Fsp3) is 0.433. The molecule has 1 aromatic carbocycles. The average molecular weight is 578 g/mol. The van der Waals surface area contributed by atoms with E-state index >= 15 is 4.39 Å². The van der Waals surface area contributed by atoms with Crippen LogP contribution in [0.15, 0.2) is 53.4 Å². The Balaban J connectivity index is 1.21. The van der Waals surface area contributed by atoms with Gasteiger partial charge in [0, 0.05) is 37.8 Å². The number of ether oxygens (including phenoxy) is 1. The minimum Gasteiger partial charge on any atom is -0.444 e. The topological polar surface area (TPSA) is 102 Å². The number of aromatic nitrogens is 5. The van der Waals surface area contributed by atoms with Crippen molar-refractivity contribution in [1.29, 1.82) is 0 Å². The van der Waals surface area contributed by atoms with Crippen molar-refractivity contribution in [3.63, 3.8) is 0 Å². The molecule has 220 valence electrons. The smallest absolute Gasteiger partial charge is 0.410 e. The standard InChI is InChI=1S/C30H33F2N7O3/c1-29(2,3)42-28(40)38-14-11-30(19-38)9-12-37(13-10-30)27-22(32)17-33-26(34-27)24-16-25(23-8-15-41-36-23)39(35-24)18-20-6-4-5-7-21(20)31/h4-8,15-17H,9-14,18-19H2,1-3H3. The van der Waals surface area contributed by atoms with E-state index in [4.69, 9.17) is 9.26 Å². The van der Waals surface area contributed by atoms with Crippen molar-refractivity contribution in [3.8, 4) is 22.9 Å². The molecule has 2 aliphatic heterocycles. The molecule has 0 unspecified atom stereocenters. The van der Waals surface area contributed by atoms with Gasteiger partial charge in [0.25, 0.3) is 0 Å². The van der Waals surface area contributed by atoms with Crippen LogP contribution < -0.4 is 4.90 Å². The summed E-state index contributed by atoms with van der Waals surface area (Å²) in [5.74, 6) is -0.400. The van der Waals surface area contributed by atoms with Gasteiger partial charge in [-0.3, -0.25) is 4.68 Å². The van der Waals surface area contributed by atoms with Crippen LogP contribution in [0.4, 0.5) is 19.4 Å². The summed E-state index contributed by atoms with van der Waals surface area (Å²) in [6.07, 6.45) is 4.82. The normalized spacial score (nSPS) is 16.8. The fourth-order valence-electron chi connectivity index (χ4n) is 5.71. The maximum atomic E-state index is 15.1. The number of carbonyl (C=O) groups excluding carboxylic acids is 1. The second-order valence-corrected chi connectivity index (χ2v) is 12.1. The summed E-state index contributed by atoms with van der Waals surface area (Å²) < 4.78 is 41.7. The molecular weight excluding hydrogens is 544 g/mol. The zero-order valence-electron chi connectivity index (χ0n) is 23.9. The first-order valence-electron chi connectivity index (χ1n) is 14.1. The molecule has 6 rings (SSSR count). The van der Waals surface area contributed by atoms with E-state index < -0.39 is 11.4 Å². The van der Waals surface area contributed by atoms with Gasteiger partial charge < -0.3 is 19.1 Å². The van der Waals surface area contributed by atoms with E-state index in [1.54, 1.807) is 39.9 Å². The van der Waals surface area contributed by atoms with E-state index in [1.165, 1.54) is 12.3 Å². The number of hydrogen-bond donors (Lipinski definition) is 0. The van der Waals surface area contributed by atoms with E-state index in [9.17, 15) is 9.18 Å². The molecule has 1 amide bonds. The van der Waals surface area contributed by atoms with Crippen LogP contribution in [0.25, 0.3) is 22.9 Å². The molecule has 0 radical (unpaired) electrons. The Kier molecular flexibility index (Phi) is 7.15. The van der Waals surface area contributed by atoms with Crippen molar-refractivity contribution in [1.82, 2.24) is 29.8 Å². The van der Waals surface area contributed by atoms with Crippen LogP contribution >= 0.6 is 0 Å². The second kappa shape index (κ2) is 10.8. The summed E-state index contributed by atoms with van der Waals surface area (Å²) in [6, 6.07) is 9.91. The van der Waals surface area contributed by atoms with Crippen molar-refractivity contribution >= 4 is 11.9 Å². The van der Waals surface area contributed by atoms with E-state index in [2.05, 4.69) is 20.2 Å². The molecule has 0 aliphatic carbocycles. The lowest BCUT2D eigenvalue weighted by atomic mass is 9.78. The molecule has 2 fully saturated rings. The molecule has 3 aromatic heterocycles. The molecule has 42 heavy (non-hydrogen) atoms. The monoisotopic (exact) mass is 577 g/mol. The highest BCUT2D eigenvalue weighted by atomic mass is 19.1. The SMILES string of the molecule is CC(C)(C)OC(=O)N1CCC2(CCN(c3nc(-c4cc(-c5ccon5)n(Cc5ccccc5F)n4)ncc3F)CC2)C1. The van der Waals surface area contributed by atoms with Crippen LogP contribution in [-0.4, -0.2) is 67.7 Å². The molecule has 0 atom stereocenters. The van der Waals surface area contributed by atoms with Gasteiger partial charge in [-0.1, -0.05) is 23.4 Å². The lowest BCUT2D eigenvalue weighted by molar-refractivity contribution is 0.0266. The highest BCUT2D eigenvalue weighted by Gasteiger charge is 2.43. The minimum absolute atomic E-state index is 0.0161. The van der Waals surface area contributed by atoms with Crippen molar-refractivity contribution in [2.24, 2.45) is 5.41 Å². The zero-order chi connectivity index (χ0) is 29.5. The number of anilines is 1. The molecule has 2 aliphatic rings. The molecule has 2 saturated heterocycles. The van der Waals surface area contributed by atoms with Crippen LogP contribution in [0.5, 0.6) is 0 Å².